The van der Waals surface area contributed by atoms with Crippen molar-refractivity contribution in [2.75, 3.05) is 4.90 Å². The van der Waals surface area contributed by atoms with Gasteiger partial charge in [0.2, 0.25) is 0 Å². The third-order valence-electron chi connectivity index (χ3n) is 2.70. The van der Waals surface area contributed by atoms with Crippen LogP contribution in [0.3, 0.4) is 0 Å². The summed E-state index contributed by atoms with van der Waals surface area (Å²) in [6.45, 7) is 0. The first-order chi connectivity index (χ1) is 9.65. The van der Waals surface area contributed by atoms with Crippen LogP contribution < -0.4 is 4.90 Å². The SMILES string of the molecule is O=C1S/C(=C/c2cccs2)C(=O)N1c1cccc(O)c1. The zero-order chi connectivity index (χ0) is 14.1. The van der Waals surface area contributed by atoms with Crippen molar-refractivity contribution >= 4 is 46.0 Å². The van der Waals surface area contributed by atoms with E-state index in [1.54, 1.807) is 18.2 Å². The summed E-state index contributed by atoms with van der Waals surface area (Å²) in [6.07, 6.45) is 1.71. The second-order valence-corrected chi connectivity index (χ2v) is 6.02. The number of phenolic OH excluding ortho intramolecular Hbond substituents is 1. The van der Waals surface area contributed by atoms with Crippen molar-refractivity contribution in [3.8, 4) is 5.75 Å². The molecule has 1 saturated heterocycles. The van der Waals surface area contributed by atoms with E-state index in [1.165, 1.54) is 23.5 Å². The third-order valence-corrected chi connectivity index (χ3v) is 4.39. The highest BCUT2D eigenvalue weighted by atomic mass is 32.2. The summed E-state index contributed by atoms with van der Waals surface area (Å²) in [4.78, 5) is 26.7. The Morgan fingerprint density at radius 3 is 2.70 bits per heavy atom. The third kappa shape index (κ3) is 2.35. The smallest absolute Gasteiger partial charge is 0.298 e. The van der Waals surface area contributed by atoms with E-state index in [4.69, 9.17) is 0 Å². The molecule has 1 aliphatic heterocycles. The van der Waals surface area contributed by atoms with Crippen molar-refractivity contribution in [2.45, 2.75) is 0 Å². The highest BCUT2D eigenvalue weighted by molar-refractivity contribution is 8.19. The summed E-state index contributed by atoms with van der Waals surface area (Å²) >= 11 is 2.41. The summed E-state index contributed by atoms with van der Waals surface area (Å²) in [5, 5.41) is 11.0. The number of thioether (sulfide) groups is 1. The predicted molar refractivity (Wildman–Crippen MR) is 80.9 cm³/mol. The van der Waals surface area contributed by atoms with Gasteiger partial charge in [-0.25, -0.2) is 4.90 Å². The number of carbonyl (C=O) groups is 2. The van der Waals surface area contributed by atoms with E-state index in [0.717, 1.165) is 21.5 Å². The predicted octanol–water partition coefficient (Wildman–Crippen LogP) is 3.69. The number of imide groups is 1. The first-order valence-corrected chi connectivity index (χ1v) is 7.45. The van der Waals surface area contributed by atoms with Crippen LogP contribution in [-0.2, 0) is 4.79 Å². The molecule has 0 bridgehead atoms. The molecule has 2 heterocycles. The lowest BCUT2D eigenvalue weighted by molar-refractivity contribution is -0.113. The number of anilines is 1. The highest BCUT2D eigenvalue weighted by Crippen LogP contribution is 2.36. The minimum atomic E-state index is -0.362. The molecule has 100 valence electrons. The summed E-state index contributed by atoms with van der Waals surface area (Å²) in [7, 11) is 0. The number of aromatic hydroxyl groups is 1. The Hall–Kier alpha value is -2.05. The van der Waals surface area contributed by atoms with Gasteiger partial charge in [-0.1, -0.05) is 12.1 Å². The van der Waals surface area contributed by atoms with Gasteiger partial charge in [0.1, 0.15) is 5.75 Å². The second-order valence-electron chi connectivity index (χ2n) is 4.05. The molecular formula is C14H9NO3S2. The number of thiophene rings is 1. The van der Waals surface area contributed by atoms with Gasteiger partial charge in [-0.15, -0.1) is 11.3 Å². The molecule has 1 aromatic heterocycles. The van der Waals surface area contributed by atoms with E-state index in [0.29, 0.717) is 10.6 Å². The summed E-state index contributed by atoms with van der Waals surface area (Å²) < 4.78 is 0. The molecule has 2 aromatic rings. The monoisotopic (exact) mass is 303 g/mol. The normalized spacial score (nSPS) is 17.2. The van der Waals surface area contributed by atoms with Crippen molar-refractivity contribution in [1.82, 2.24) is 0 Å². The number of carbonyl (C=O) groups excluding carboxylic acids is 2. The maximum atomic E-state index is 12.3. The molecule has 1 N–H and O–H groups in total. The summed E-state index contributed by atoms with van der Waals surface area (Å²) in [6, 6.07) is 9.86. The zero-order valence-corrected chi connectivity index (χ0v) is 11.8. The molecule has 0 unspecified atom stereocenters. The van der Waals surface area contributed by atoms with Gasteiger partial charge in [0, 0.05) is 10.9 Å². The van der Waals surface area contributed by atoms with Gasteiger partial charge in [0.05, 0.1) is 10.6 Å². The van der Waals surface area contributed by atoms with Crippen LogP contribution in [0.15, 0.2) is 46.7 Å². The Labute approximate surface area is 123 Å². The maximum absolute atomic E-state index is 12.3. The molecule has 4 nitrogen and oxygen atoms in total. The zero-order valence-electron chi connectivity index (χ0n) is 10.1. The van der Waals surface area contributed by atoms with Gasteiger partial charge in [0.25, 0.3) is 11.1 Å². The molecule has 6 heteroatoms. The second kappa shape index (κ2) is 5.15. The molecular weight excluding hydrogens is 294 g/mol. The molecule has 0 spiro atoms. The van der Waals surface area contributed by atoms with Crippen molar-refractivity contribution in [2.24, 2.45) is 0 Å². The number of nitrogens with zero attached hydrogens (tertiary/aromatic N) is 1. The Kier molecular flexibility index (Phi) is 3.33. The van der Waals surface area contributed by atoms with E-state index < -0.39 is 0 Å². The summed E-state index contributed by atoms with van der Waals surface area (Å²) in [5.41, 5.74) is 0.377. The Morgan fingerprint density at radius 1 is 1.15 bits per heavy atom. The minimum absolute atomic E-state index is 0.0174. The van der Waals surface area contributed by atoms with E-state index in [9.17, 15) is 14.7 Å². The average Bonchev–Trinajstić information content (AvgIpc) is 2.99. The first-order valence-electron chi connectivity index (χ1n) is 5.75. The number of benzene rings is 1. The van der Waals surface area contributed by atoms with E-state index in [-0.39, 0.29) is 16.9 Å². The van der Waals surface area contributed by atoms with E-state index in [2.05, 4.69) is 0 Å². The lowest BCUT2D eigenvalue weighted by atomic mass is 10.2. The fourth-order valence-electron chi connectivity index (χ4n) is 1.83. The number of hydrogen-bond acceptors (Lipinski definition) is 5. The van der Waals surface area contributed by atoms with Crippen LogP contribution >= 0.6 is 23.1 Å². The van der Waals surface area contributed by atoms with Crippen LogP contribution in [0.25, 0.3) is 6.08 Å². The van der Waals surface area contributed by atoms with Gasteiger partial charge < -0.3 is 5.11 Å². The van der Waals surface area contributed by atoms with Crippen molar-refractivity contribution in [1.29, 1.82) is 0 Å². The van der Waals surface area contributed by atoms with Crippen LogP contribution in [0.2, 0.25) is 0 Å². The quantitative estimate of drug-likeness (QED) is 0.860. The molecule has 0 atom stereocenters. The number of hydrogen-bond donors (Lipinski definition) is 1. The molecule has 1 aromatic carbocycles. The largest absolute Gasteiger partial charge is 0.508 e. The molecule has 1 aliphatic rings. The lowest BCUT2D eigenvalue weighted by Crippen LogP contribution is -2.27. The lowest BCUT2D eigenvalue weighted by Gasteiger charge is -2.12. The van der Waals surface area contributed by atoms with Crippen molar-refractivity contribution < 1.29 is 14.7 Å². The van der Waals surface area contributed by atoms with Gasteiger partial charge in [-0.05, 0) is 41.4 Å². The van der Waals surface area contributed by atoms with E-state index in [1.807, 2.05) is 17.5 Å². The number of rotatable bonds is 2. The van der Waals surface area contributed by atoms with Crippen LogP contribution in [0, 0.1) is 0 Å². The molecule has 0 radical (unpaired) electrons. The van der Waals surface area contributed by atoms with Crippen LogP contribution in [0.1, 0.15) is 4.88 Å². The van der Waals surface area contributed by atoms with Gasteiger partial charge in [-0.2, -0.15) is 0 Å². The maximum Gasteiger partial charge on any atom is 0.298 e. The average molecular weight is 303 g/mol. The van der Waals surface area contributed by atoms with Crippen LogP contribution in [0.4, 0.5) is 10.5 Å². The molecule has 0 aliphatic carbocycles. The fraction of sp³-hybridized carbons (Fsp3) is 0. The van der Waals surface area contributed by atoms with E-state index >= 15 is 0 Å². The van der Waals surface area contributed by atoms with Crippen LogP contribution in [0.5, 0.6) is 5.75 Å². The Bertz CT molecular complexity index is 707. The number of amides is 2. The molecule has 2 amide bonds. The van der Waals surface area contributed by atoms with Gasteiger partial charge >= 0.3 is 0 Å². The molecule has 0 saturated carbocycles. The molecule has 1 fully saturated rings. The first kappa shape index (κ1) is 13.0. The number of phenols is 1. The topological polar surface area (TPSA) is 57.6 Å². The minimum Gasteiger partial charge on any atom is -0.508 e. The van der Waals surface area contributed by atoms with Crippen LogP contribution in [-0.4, -0.2) is 16.3 Å². The highest BCUT2D eigenvalue weighted by Gasteiger charge is 2.36. The van der Waals surface area contributed by atoms with Gasteiger partial charge in [-0.3, -0.25) is 9.59 Å². The van der Waals surface area contributed by atoms with Crippen molar-refractivity contribution in [3.05, 3.63) is 51.6 Å². The Morgan fingerprint density at radius 2 is 2.00 bits per heavy atom. The Balaban J connectivity index is 1.95. The standard InChI is InChI=1S/C14H9NO3S2/c16-10-4-1-3-9(7-10)15-13(17)12(20-14(15)18)8-11-5-2-6-19-11/h1-8,16H/b12-8+. The van der Waals surface area contributed by atoms with Crippen molar-refractivity contribution in [3.63, 3.8) is 0 Å². The van der Waals surface area contributed by atoms with Gasteiger partial charge in [0.15, 0.2) is 0 Å². The summed E-state index contributed by atoms with van der Waals surface area (Å²) in [5.74, 6) is -0.345. The molecule has 20 heavy (non-hydrogen) atoms. The molecule has 3 rings (SSSR count). The fourth-order valence-corrected chi connectivity index (χ4v) is 3.39.